The maximum atomic E-state index is 5.08. The van der Waals surface area contributed by atoms with E-state index in [4.69, 9.17) is 16.6 Å². The molecule has 0 spiro atoms. The first kappa shape index (κ1) is 10.6. The fraction of sp³-hybridized carbons (Fsp3) is 0.0909. The van der Waals surface area contributed by atoms with Crippen molar-refractivity contribution in [3.05, 3.63) is 48.4 Å². The predicted molar refractivity (Wildman–Crippen MR) is 66.0 cm³/mol. The highest BCUT2D eigenvalue weighted by Gasteiger charge is 2.00. The highest BCUT2D eigenvalue weighted by molar-refractivity contribution is 7.80. The van der Waals surface area contributed by atoms with E-state index in [9.17, 15) is 0 Å². The van der Waals surface area contributed by atoms with Crippen LogP contribution in [0.2, 0.25) is 0 Å². The molecular formula is C11H11N3OS. The van der Waals surface area contributed by atoms with Crippen molar-refractivity contribution >= 4 is 23.3 Å². The molecule has 0 unspecified atom stereocenters. The Bertz CT molecular complexity index is 442. The van der Waals surface area contributed by atoms with Crippen molar-refractivity contribution in [3.8, 4) is 0 Å². The summed E-state index contributed by atoms with van der Waals surface area (Å²) in [5, 5.41) is 6.38. The summed E-state index contributed by atoms with van der Waals surface area (Å²) in [6.45, 7) is 0.674. The molecule has 2 N–H and O–H groups in total. The van der Waals surface area contributed by atoms with Crippen molar-refractivity contribution in [3.63, 3.8) is 0 Å². The first-order valence-corrected chi connectivity index (χ1v) is 5.24. The summed E-state index contributed by atoms with van der Waals surface area (Å²) in [4.78, 5) is 3.91. The van der Waals surface area contributed by atoms with Gasteiger partial charge in [-0.3, -0.25) is 5.32 Å². The molecule has 0 aliphatic rings. The molecule has 0 fully saturated rings. The average Bonchev–Trinajstić information content (AvgIpc) is 2.81. The van der Waals surface area contributed by atoms with Gasteiger partial charge in [-0.25, -0.2) is 4.98 Å². The number of nitrogens with one attached hydrogen (secondary N) is 2. The second-order valence-corrected chi connectivity index (χ2v) is 3.54. The van der Waals surface area contributed by atoms with Crippen molar-refractivity contribution in [1.82, 2.24) is 10.3 Å². The number of oxazole rings is 1. The molecule has 0 radical (unpaired) electrons. The molecule has 4 nitrogen and oxygen atoms in total. The fourth-order valence-corrected chi connectivity index (χ4v) is 1.36. The van der Waals surface area contributed by atoms with Gasteiger partial charge < -0.3 is 9.73 Å². The molecule has 82 valence electrons. The average molecular weight is 233 g/mol. The number of rotatable bonds is 3. The van der Waals surface area contributed by atoms with Crippen LogP contribution in [-0.2, 0) is 6.54 Å². The monoisotopic (exact) mass is 233 g/mol. The third kappa shape index (κ3) is 3.06. The number of anilines is 1. The van der Waals surface area contributed by atoms with Gasteiger partial charge in [-0.1, -0.05) is 30.3 Å². The van der Waals surface area contributed by atoms with E-state index < -0.39 is 0 Å². The van der Waals surface area contributed by atoms with Gasteiger partial charge in [0.2, 0.25) is 0 Å². The van der Waals surface area contributed by atoms with Crippen LogP contribution in [0.25, 0.3) is 0 Å². The third-order valence-corrected chi connectivity index (χ3v) is 2.20. The lowest BCUT2D eigenvalue weighted by Crippen LogP contribution is -2.27. The molecule has 1 aromatic heterocycles. The van der Waals surface area contributed by atoms with Gasteiger partial charge in [0.15, 0.2) is 5.11 Å². The summed E-state index contributed by atoms with van der Waals surface area (Å²) in [6, 6.07) is 10.4. The number of benzene rings is 1. The lowest BCUT2D eigenvalue weighted by atomic mass is 10.2. The molecule has 2 aromatic rings. The maximum absolute atomic E-state index is 5.08. The van der Waals surface area contributed by atoms with E-state index in [-0.39, 0.29) is 0 Å². The van der Waals surface area contributed by atoms with Crippen LogP contribution in [-0.4, -0.2) is 10.1 Å². The summed E-state index contributed by atoms with van der Waals surface area (Å²) >= 11 is 5.08. The normalized spacial score (nSPS) is 9.75. The van der Waals surface area contributed by atoms with Gasteiger partial charge in [0.05, 0.1) is 6.20 Å². The minimum absolute atomic E-state index is 0.394. The molecule has 0 saturated carbocycles. The van der Waals surface area contributed by atoms with E-state index in [2.05, 4.69) is 15.6 Å². The molecular weight excluding hydrogens is 222 g/mol. The van der Waals surface area contributed by atoms with Gasteiger partial charge >= 0.3 is 6.01 Å². The SMILES string of the molecule is S=C(NCc1ccccc1)Nc1ncco1. The molecule has 0 amide bonds. The Morgan fingerprint density at radius 1 is 1.31 bits per heavy atom. The largest absolute Gasteiger partial charge is 0.432 e. The van der Waals surface area contributed by atoms with Crippen LogP contribution in [0.5, 0.6) is 0 Å². The predicted octanol–water partition coefficient (Wildman–Crippen LogP) is 2.16. The first-order valence-electron chi connectivity index (χ1n) is 4.83. The molecule has 0 bridgehead atoms. The number of nitrogens with zero attached hydrogens (tertiary/aromatic N) is 1. The Kier molecular flexibility index (Phi) is 3.50. The van der Waals surface area contributed by atoms with E-state index in [0.717, 1.165) is 0 Å². The minimum Gasteiger partial charge on any atom is -0.432 e. The molecule has 2 rings (SSSR count). The number of aromatic nitrogens is 1. The second-order valence-electron chi connectivity index (χ2n) is 3.13. The smallest absolute Gasteiger partial charge is 0.300 e. The van der Waals surface area contributed by atoms with E-state index in [1.807, 2.05) is 30.3 Å². The maximum Gasteiger partial charge on any atom is 0.300 e. The van der Waals surface area contributed by atoms with Gasteiger partial charge in [-0.05, 0) is 17.8 Å². The van der Waals surface area contributed by atoms with Crippen LogP contribution in [0.1, 0.15) is 5.56 Å². The van der Waals surface area contributed by atoms with Crippen LogP contribution < -0.4 is 10.6 Å². The van der Waals surface area contributed by atoms with Crippen molar-refractivity contribution < 1.29 is 4.42 Å². The Morgan fingerprint density at radius 3 is 2.81 bits per heavy atom. The fourth-order valence-electron chi connectivity index (χ4n) is 1.20. The lowest BCUT2D eigenvalue weighted by molar-refractivity contribution is 0.578. The molecule has 1 aromatic carbocycles. The van der Waals surface area contributed by atoms with Gasteiger partial charge in [-0.15, -0.1) is 0 Å². The van der Waals surface area contributed by atoms with E-state index in [1.165, 1.54) is 11.8 Å². The molecule has 0 aliphatic carbocycles. The van der Waals surface area contributed by atoms with Crippen LogP contribution >= 0.6 is 12.2 Å². The number of thiocarbonyl (C=S) groups is 1. The molecule has 0 atom stereocenters. The van der Waals surface area contributed by atoms with Crippen molar-refractivity contribution in [2.24, 2.45) is 0 Å². The summed E-state index contributed by atoms with van der Waals surface area (Å²) in [5.74, 6) is 0. The molecule has 5 heteroatoms. The van der Waals surface area contributed by atoms with Crippen LogP contribution in [0, 0.1) is 0 Å². The van der Waals surface area contributed by atoms with Gasteiger partial charge in [-0.2, -0.15) is 0 Å². The Balaban J connectivity index is 1.80. The number of hydrogen-bond acceptors (Lipinski definition) is 3. The van der Waals surface area contributed by atoms with E-state index >= 15 is 0 Å². The zero-order chi connectivity index (χ0) is 11.2. The summed E-state index contributed by atoms with van der Waals surface area (Å²) in [7, 11) is 0. The van der Waals surface area contributed by atoms with E-state index in [0.29, 0.717) is 17.7 Å². The Labute approximate surface area is 98.7 Å². The first-order chi connectivity index (χ1) is 7.84. The zero-order valence-electron chi connectivity index (χ0n) is 8.51. The van der Waals surface area contributed by atoms with Crippen LogP contribution in [0.4, 0.5) is 6.01 Å². The summed E-state index contributed by atoms with van der Waals surface area (Å²) in [5.41, 5.74) is 1.17. The topological polar surface area (TPSA) is 50.1 Å². The number of hydrogen-bond donors (Lipinski definition) is 2. The second kappa shape index (κ2) is 5.27. The Hall–Kier alpha value is -1.88. The van der Waals surface area contributed by atoms with Gasteiger partial charge in [0, 0.05) is 6.54 Å². The van der Waals surface area contributed by atoms with Crippen molar-refractivity contribution in [2.45, 2.75) is 6.54 Å². The summed E-state index contributed by atoms with van der Waals surface area (Å²) in [6.07, 6.45) is 3.05. The highest BCUT2D eigenvalue weighted by atomic mass is 32.1. The highest BCUT2D eigenvalue weighted by Crippen LogP contribution is 2.01. The lowest BCUT2D eigenvalue weighted by Gasteiger charge is -2.07. The molecule has 16 heavy (non-hydrogen) atoms. The zero-order valence-corrected chi connectivity index (χ0v) is 9.33. The van der Waals surface area contributed by atoms with Crippen LogP contribution in [0.15, 0.2) is 47.2 Å². The molecule has 1 heterocycles. The standard InChI is InChI=1S/C11H11N3OS/c16-11(14-10-12-6-7-15-10)13-8-9-4-2-1-3-5-9/h1-7H,8H2,(H2,12,13,14,16). The molecule has 0 aliphatic heterocycles. The summed E-state index contributed by atoms with van der Waals surface area (Å²) < 4.78 is 5.01. The van der Waals surface area contributed by atoms with Crippen molar-refractivity contribution in [2.75, 3.05) is 5.32 Å². The quantitative estimate of drug-likeness (QED) is 0.796. The van der Waals surface area contributed by atoms with Gasteiger partial charge in [0.1, 0.15) is 6.26 Å². The minimum atomic E-state index is 0.394. The van der Waals surface area contributed by atoms with Gasteiger partial charge in [0.25, 0.3) is 0 Å². The van der Waals surface area contributed by atoms with Crippen LogP contribution in [0.3, 0.4) is 0 Å². The Morgan fingerprint density at radius 2 is 2.12 bits per heavy atom. The third-order valence-electron chi connectivity index (χ3n) is 1.95. The molecule has 0 saturated heterocycles. The van der Waals surface area contributed by atoms with Crippen molar-refractivity contribution in [1.29, 1.82) is 0 Å². The van der Waals surface area contributed by atoms with E-state index in [1.54, 1.807) is 6.20 Å².